The summed E-state index contributed by atoms with van der Waals surface area (Å²) in [4.78, 5) is 37.2. The first kappa shape index (κ1) is 39.3. The summed E-state index contributed by atoms with van der Waals surface area (Å²) in [6.07, 6.45) is 0.378. The number of cyclic esters (lactones) is 1. The summed E-state index contributed by atoms with van der Waals surface area (Å²) >= 11 is 0. The van der Waals surface area contributed by atoms with Crippen molar-refractivity contribution in [1.82, 2.24) is 19.6 Å². The maximum atomic E-state index is 14.2. The van der Waals surface area contributed by atoms with Crippen molar-refractivity contribution in [1.29, 1.82) is 0 Å². The average molecular weight is 655 g/mol. The number of esters is 1. The summed E-state index contributed by atoms with van der Waals surface area (Å²) in [6, 6.07) is -0.121. The summed E-state index contributed by atoms with van der Waals surface area (Å²) in [5.74, 6) is -1.37. The first-order chi connectivity index (χ1) is 21.5. The number of piperazine rings is 1. The van der Waals surface area contributed by atoms with Crippen LogP contribution in [-0.4, -0.2) is 159 Å². The first-order valence-corrected chi connectivity index (χ1v) is 17.6. The number of Topliss-reactive ketones (excluding diaryl/α,β-unsaturated/α-hetero) is 1. The minimum absolute atomic E-state index is 0.0454. The van der Waals surface area contributed by atoms with Gasteiger partial charge in [-0.1, -0.05) is 20.8 Å². The van der Waals surface area contributed by atoms with Crippen LogP contribution in [0.25, 0.3) is 0 Å². The number of hydrogen-bond donors (Lipinski definition) is 1. The van der Waals surface area contributed by atoms with Crippen LogP contribution in [-0.2, 0) is 28.5 Å². The summed E-state index contributed by atoms with van der Waals surface area (Å²) in [6.45, 7) is 20.6. The first-order valence-electron chi connectivity index (χ1n) is 17.6. The number of nitrogens with zero attached hydrogens (tertiary/aromatic N) is 4. The van der Waals surface area contributed by atoms with Gasteiger partial charge in [-0.15, -0.1) is 0 Å². The molecule has 3 saturated heterocycles. The van der Waals surface area contributed by atoms with E-state index >= 15 is 0 Å². The fraction of sp³-hybridized carbons (Fsp3) is 0.943. The van der Waals surface area contributed by atoms with Gasteiger partial charge < -0.3 is 38.8 Å². The lowest BCUT2D eigenvalue weighted by Gasteiger charge is -2.47. The summed E-state index contributed by atoms with van der Waals surface area (Å²) < 4.78 is 25.1. The number of carbonyl (C=O) groups excluding carboxylic acids is 2. The van der Waals surface area contributed by atoms with Gasteiger partial charge in [0.25, 0.3) is 0 Å². The number of ketones is 1. The molecule has 46 heavy (non-hydrogen) atoms. The van der Waals surface area contributed by atoms with E-state index in [1.165, 1.54) is 0 Å². The maximum Gasteiger partial charge on any atom is 0.319 e. The predicted octanol–water partition coefficient (Wildman–Crippen LogP) is 2.74. The van der Waals surface area contributed by atoms with E-state index in [0.717, 1.165) is 58.7 Å². The summed E-state index contributed by atoms with van der Waals surface area (Å²) in [5.41, 5.74) is -2.31. The number of rotatable bonds is 9. The van der Waals surface area contributed by atoms with Crippen LogP contribution in [0.3, 0.4) is 0 Å². The van der Waals surface area contributed by atoms with Gasteiger partial charge in [-0.3, -0.25) is 14.5 Å². The molecule has 0 spiro atoms. The van der Waals surface area contributed by atoms with Crippen molar-refractivity contribution in [2.24, 2.45) is 17.3 Å². The maximum absolute atomic E-state index is 14.2. The molecule has 1 N–H and O–H groups in total. The van der Waals surface area contributed by atoms with Crippen molar-refractivity contribution in [3.63, 3.8) is 0 Å². The van der Waals surface area contributed by atoms with Crippen LogP contribution in [0.5, 0.6) is 0 Å². The Hall–Kier alpha value is -1.18. The van der Waals surface area contributed by atoms with E-state index in [4.69, 9.17) is 18.9 Å². The molecule has 11 heteroatoms. The smallest absolute Gasteiger partial charge is 0.319 e. The van der Waals surface area contributed by atoms with Crippen molar-refractivity contribution in [2.75, 3.05) is 80.7 Å². The monoisotopic (exact) mass is 654 g/mol. The second-order valence-corrected chi connectivity index (χ2v) is 15.4. The fourth-order valence-electron chi connectivity index (χ4n) is 7.75. The van der Waals surface area contributed by atoms with Crippen molar-refractivity contribution in [3.8, 4) is 0 Å². The molecule has 0 unspecified atom stereocenters. The molecule has 0 aliphatic carbocycles. The highest BCUT2D eigenvalue weighted by Gasteiger charge is 2.51. The fourth-order valence-corrected chi connectivity index (χ4v) is 7.75. The molecule has 11 nitrogen and oxygen atoms in total. The number of aliphatic hydroxyl groups is 1. The van der Waals surface area contributed by atoms with E-state index in [0.29, 0.717) is 12.8 Å². The van der Waals surface area contributed by atoms with Crippen molar-refractivity contribution in [3.05, 3.63) is 0 Å². The highest BCUT2D eigenvalue weighted by molar-refractivity contribution is 6.04. The van der Waals surface area contributed by atoms with Crippen LogP contribution in [0.15, 0.2) is 0 Å². The Balaban J connectivity index is 1.90. The number of methoxy groups -OCH3 is 1. The van der Waals surface area contributed by atoms with Gasteiger partial charge in [0.05, 0.1) is 17.8 Å². The number of hydrogen-bond acceptors (Lipinski definition) is 11. The van der Waals surface area contributed by atoms with Gasteiger partial charge in [0.1, 0.15) is 18.1 Å². The number of carbonyl (C=O) groups is 2. The van der Waals surface area contributed by atoms with Crippen LogP contribution >= 0.6 is 0 Å². The molecule has 3 heterocycles. The molecule has 0 bridgehead atoms. The van der Waals surface area contributed by atoms with Gasteiger partial charge in [0.15, 0.2) is 12.1 Å². The Bertz CT molecular complexity index is 975. The molecule has 3 rings (SSSR count). The minimum Gasteiger partial charge on any atom is -0.463 e. The molecule has 0 aromatic rings. The molecular weight excluding hydrogens is 588 g/mol. The molecule has 0 aromatic carbocycles. The van der Waals surface area contributed by atoms with Crippen molar-refractivity contribution >= 4 is 11.8 Å². The molecule has 3 aliphatic heterocycles. The van der Waals surface area contributed by atoms with Crippen LogP contribution in [0.1, 0.15) is 74.1 Å². The quantitative estimate of drug-likeness (QED) is 0.293. The Morgan fingerprint density at radius 2 is 1.72 bits per heavy atom. The highest BCUT2D eigenvalue weighted by atomic mass is 16.7. The lowest BCUT2D eigenvalue weighted by atomic mass is 9.74. The Kier molecular flexibility index (Phi) is 14.5. The Labute approximate surface area is 279 Å². The van der Waals surface area contributed by atoms with E-state index in [-0.39, 0.29) is 36.5 Å². The lowest BCUT2D eigenvalue weighted by Crippen LogP contribution is -2.59. The normalized spacial score (nSPS) is 38.2. The molecule has 268 valence electrons. The van der Waals surface area contributed by atoms with Gasteiger partial charge in [-0.05, 0) is 93.5 Å². The van der Waals surface area contributed by atoms with Crippen LogP contribution in [0, 0.1) is 17.3 Å². The molecule has 3 aliphatic rings. The van der Waals surface area contributed by atoms with Gasteiger partial charge in [-0.2, -0.15) is 0 Å². The third-order valence-corrected chi connectivity index (χ3v) is 10.9. The van der Waals surface area contributed by atoms with Gasteiger partial charge in [0.2, 0.25) is 0 Å². The lowest BCUT2D eigenvalue weighted by molar-refractivity contribution is -0.295. The Morgan fingerprint density at radius 1 is 1.07 bits per heavy atom. The zero-order valence-corrected chi connectivity index (χ0v) is 30.8. The Morgan fingerprint density at radius 3 is 2.30 bits per heavy atom. The molecule has 0 radical (unpaired) electrons. The van der Waals surface area contributed by atoms with Gasteiger partial charge in [-0.25, -0.2) is 0 Å². The zero-order chi connectivity index (χ0) is 34.4. The second kappa shape index (κ2) is 17.0. The topological polar surface area (TPSA) is 104 Å². The standard InChI is InChI=1S/C35H66N4O7/c1-12-39-22-24(2)21-35(7,43-11)31(46-32-29(40)28(36(8)9)20-25(3)45-32)26(4)30(41)34(5,6)33(42)44-23-27(39)14-13-15-38-18-16-37(10)17-19-38/h24-29,31-32,40H,12-23H2,1-11H3/t24-,25-,26+,27+,28+,29-,31-,32+,35-/m1/s1. The molecule has 0 amide bonds. The van der Waals surface area contributed by atoms with Crippen LogP contribution < -0.4 is 0 Å². The van der Waals surface area contributed by atoms with Crippen molar-refractivity contribution in [2.45, 2.75) is 116 Å². The second-order valence-electron chi connectivity index (χ2n) is 15.4. The molecule has 3 fully saturated rings. The van der Waals surface area contributed by atoms with E-state index < -0.39 is 41.4 Å². The third kappa shape index (κ3) is 9.71. The largest absolute Gasteiger partial charge is 0.463 e. The molecular formula is C35H66N4O7. The molecule has 9 atom stereocenters. The van der Waals surface area contributed by atoms with E-state index in [1.54, 1.807) is 27.9 Å². The number of likely N-dealkylation sites (N-methyl/N-ethyl adjacent to an activating group) is 3. The average Bonchev–Trinajstić information content (AvgIpc) is 3.01. The number of aliphatic hydroxyl groups excluding tert-OH is 1. The van der Waals surface area contributed by atoms with Crippen LogP contribution in [0.4, 0.5) is 0 Å². The van der Waals surface area contributed by atoms with Gasteiger partial charge in [0, 0.05) is 57.8 Å². The molecule has 0 aromatic heterocycles. The van der Waals surface area contributed by atoms with Gasteiger partial charge >= 0.3 is 5.97 Å². The minimum atomic E-state index is -1.40. The number of ether oxygens (including phenoxy) is 4. The third-order valence-electron chi connectivity index (χ3n) is 10.9. The van der Waals surface area contributed by atoms with Crippen LogP contribution in [0.2, 0.25) is 0 Å². The summed E-state index contributed by atoms with van der Waals surface area (Å²) in [7, 11) is 7.69. The van der Waals surface area contributed by atoms with E-state index in [2.05, 4.69) is 35.6 Å². The zero-order valence-electron chi connectivity index (χ0n) is 30.8. The SMILES string of the molecule is CCN1C[C@H](C)C[C@@](C)(OC)[C@H](O[C@@H]2O[C@H](C)C[C@H](N(C)C)[C@H]2O)[C@@H](C)C(=O)C(C)(C)C(=O)OC[C@@H]1CCCN1CCN(C)CC1. The van der Waals surface area contributed by atoms with E-state index in [9.17, 15) is 14.7 Å². The van der Waals surface area contributed by atoms with Crippen molar-refractivity contribution < 1.29 is 33.6 Å². The summed E-state index contributed by atoms with van der Waals surface area (Å²) in [5, 5.41) is 11.3. The predicted molar refractivity (Wildman–Crippen MR) is 180 cm³/mol. The van der Waals surface area contributed by atoms with E-state index in [1.807, 2.05) is 32.8 Å². The highest BCUT2D eigenvalue weighted by Crippen LogP contribution is 2.38. The molecule has 0 saturated carbocycles.